The zero-order valence-electron chi connectivity index (χ0n) is 4.19. The molecule has 1 heteroatoms. The van der Waals surface area contributed by atoms with E-state index in [0.717, 1.165) is 11.3 Å². The van der Waals surface area contributed by atoms with Crippen molar-refractivity contribution in [3.8, 4) is 0 Å². The van der Waals surface area contributed by atoms with Gasteiger partial charge in [0.15, 0.2) is 0 Å². The molecule has 0 atom stereocenters. The van der Waals surface area contributed by atoms with E-state index in [0.29, 0.717) is 0 Å². The zero-order valence-corrected chi connectivity index (χ0v) is 5.01. The van der Waals surface area contributed by atoms with Gasteiger partial charge in [-0.25, -0.2) is 0 Å². The summed E-state index contributed by atoms with van der Waals surface area (Å²) in [5, 5.41) is 0. The molecule has 0 fully saturated rings. The van der Waals surface area contributed by atoms with E-state index in [1.54, 1.807) is 0 Å². The second kappa shape index (κ2) is 3.16. The number of allylic oxidation sites excluding steroid dienone is 2. The Balaban J connectivity index is 3.22. The van der Waals surface area contributed by atoms with Crippen LogP contribution in [0.25, 0.3) is 0 Å². The second-order valence-electron chi connectivity index (χ2n) is 1.11. The van der Waals surface area contributed by atoms with Crippen molar-refractivity contribution in [2.45, 2.75) is 20.3 Å². The van der Waals surface area contributed by atoms with Crippen LogP contribution in [0.1, 0.15) is 20.3 Å². The number of hydrogen-bond donors (Lipinski definition) is 0. The first-order valence-electron chi connectivity index (χ1n) is 2.13. The molecule has 0 heterocycles. The molecule has 0 saturated heterocycles. The van der Waals surface area contributed by atoms with Crippen LogP contribution in [0.15, 0.2) is 11.0 Å². The average molecular weight is 101 g/mol. The van der Waals surface area contributed by atoms with Crippen LogP contribution in [0, 0.1) is 0 Å². The molecule has 6 heavy (non-hydrogen) atoms. The first-order valence-corrected chi connectivity index (χ1v) is 2.54. The van der Waals surface area contributed by atoms with Crippen LogP contribution in [-0.2, 0) is 0 Å². The summed E-state index contributed by atoms with van der Waals surface area (Å²) < 4.78 is 0. The van der Waals surface area contributed by atoms with E-state index in [1.165, 1.54) is 0 Å². The molecule has 0 nitrogen and oxygen atoms in total. The van der Waals surface area contributed by atoms with Gasteiger partial charge in [-0.15, -0.1) is 0 Å². The Hall–Kier alpha value is -0.0400. The summed E-state index contributed by atoms with van der Waals surface area (Å²) in [4.78, 5) is 1.05. The van der Waals surface area contributed by atoms with Gasteiger partial charge in [0.05, 0.1) is 0 Å². The Kier molecular flexibility index (Phi) is 3.14. The molecule has 0 unspecified atom stereocenters. The van der Waals surface area contributed by atoms with Gasteiger partial charge in [-0.2, -0.15) is 0 Å². The lowest BCUT2D eigenvalue weighted by Gasteiger charge is -1.81. The van der Waals surface area contributed by atoms with Crippen molar-refractivity contribution < 1.29 is 0 Å². The largest absolute Gasteiger partial charge is 0.0853 e. The molecule has 1 radical (unpaired) electrons. The van der Waals surface area contributed by atoms with Gasteiger partial charge < -0.3 is 0 Å². The topological polar surface area (TPSA) is 0 Å². The molecule has 0 bridgehead atoms. The first-order chi connectivity index (χ1) is 2.81. The lowest BCUT2D eigenvalue weighted by molar-refractivity contribution is 1.20. The monoisotopic (exact) mass is 101 g/mol. The highest BCUT2D eigenvalue weighted by molar-refractivity contribution is 7.84. The first kappa shape index (κ1) is 5.96. The van der Waals surface area contributed by atoms with Gasteiger partial charge in [-0.1, -0.05) is 25.6 Å². The quantitative estimate of drug-likeness (QED) is 0.476. The Morgan fingerprint density at radius 1 is 1.83 bits per heavy atom. The van der Waals surface area contributed by atoms with Crippen LogP contribution < -0.4 is 0 Å². The zero-order chi connectivity index (χ0) is 4.99. The minimum atomic E-state index is 1.01. The van der Waals surface area contributed by atoms with Gasteiger partial charge in [0.1, 0.15) is 0 Å². The Labute approximate surface area is 44.7 Å². The maximum Gasteiger partial charge on any atom is 0.0106 e. The lowest BCUT2D eigenvalue weighted by atomic mass is 10.4. The summed E-state index contributed by atoms with van der Waals surface area (Å²) >= 11 is 4.80. The molecule has 0 rings (SSSR count). The van der Waals surface area contributed by atoms with Gasteiger partial charge >= 0.3 is 0 Å². The highest BCUT2D eigenvalue weighted by atomic mass is 32.1. The summed E-state index contributed by atoms with van der Waals surface area (Å²) in [6.45, 7) is 4.02. The van der Waals surface area contributed by atoms with Gasteiger partial charge in [-0.05, 0) is 13.3 Å². The van der Waals surface area contributed by atoms with E-state index in [1.807, 2.05) is 13.0 Å². The summed E-state index contributed by atoms with van der Waals surface area (Å²) in [6.07, 6.45) is 2.96. The van der Waals surface area contributed by atoms with Crippen molar-refractivity contribution in [2.24, 2.45) is 0 Å². The van der Waals surface area contributed by atoms with Gasteiger partial charge in [0.25, 0.3) is 0 Å². The smallest absolute Gasteiger partial charge is 0.0106 e. The summed E-state index contributed by atoms with van der Waals surface area (Å²) in [7, 11) is 0. The van der Waals surface area contributed by atoms with E-state index >= 15 is 0 Å². The summed E-state index contributed by atoms with van der Waals surface area (Å²) in [6, 6.07) is 0. The van der Waals surface area contributed by atoms with Crippen LogP contribution in [-0.4, -0.2) is 0 Å². The number of rotatable bonds is 1. The maximum absolute atomic E-state index is 4.80. The van der Waals surface area contributed by atoms with Gasteiger partial charge in [0, 0.05) is 4.91 Å². The fourth-order valence-electron chi connectivity index (χ4n) is 0.204. The summed E-state index contributed by atoms with van der Waals surface area (Å²) in [5.41, 5.74) is 0. The van der Waals surface area contributed by atoms with Crippen molar-refractivity contribution in [1.29, 1.82) is 0 Å². The molecule has 0 aliphatic rings. The molecule has 0 aromatic carbocycles. The molecular weight excluding hydrogens is 92.1 g/mol. The molecular formula is C5H9S. The maximum atomic E-state index is 4.80. The molecule has 0 spiro atoms. The SMILES string of the molecule is C/C=C(\[S])CC. The third kappa shape index (κ3) is 2.21. The molecule has 0 aromatic rings. The third-order valence-corrected chi connectivity index (χ3v) is 1.19. The molecule has 0 aliphatic heterocycles. The van der Waals surface area contributed by atoms with E-state index < -0.39 is 0 Å². The van der Waals surface area contributed by atoms with Crippen LogP contribution in [0.3, 0.4) is 0 Å². The standard InChI is InChI=1S/C5H9S/c1-3-5(6)4-2/h3H,4H2,1-2H3/b5-3-. The van der Waals surface area contributed by atoms with Crippen molar-refractivity contribution in [3.05, 3.63) is 11.0 Å². The van der Waals surface area contributed by atoms with Crippen LogP contribution >= 0.6 is 12.6 Å². The molecule has 0 N–H and O–H groups in total. The predicted octanol–water partition coefficient (Wildman–Crippen LogP) is 2.50. The molecule has 35 valence electrons. The van der Waals surface area contributed by atoms with Crippen molar-refractivity contribution in [3.63, 3.8) is 0 Å². The van der Waals surface area contributed by atoms with Crippen molar-refractivity contribution in [2.75, 3.05) is 0 Å². The fourth-order valence-corrected chi connectivity index (χ4v) is 0.204. The third-order valence-electron chi connectivity index (χ3n) is 0.670. The van der Waals surface area contributed by atoms with Crippen LogP contribution in [0.2, 0.25) is 0 Å². The minimum absolute atomic E-state index is 1.01. The lowest BCUT2D eigenvalue weighted by Crippen LogP contribution is -1.59. The minimum Gasteiger partial charge on any atom is -0.0853 e. The average Bonchev–Trinajstić information content (AvgIpc) is 1.65. The number of hydrogen-bond acceptors (Lipinski definition) is 0. The van der Waals surface area contributed by atoms with E-state index in [9.17, 15) is 0 Å². The van der Waals surface area contributed by atoms with E-state index in [-0.39, 0.29) is 0 Å². The molecule has 0 aliphatic carbocycles. The van der Waals surface area contributed by atoms with Crippen molar-refractivity contribution in [1.82, 2.24) is 0 Å². The van der Waals surface area contributed by atoms with Gasteiger partial charge in [-0.3, -0.25) is 0 Å². The Bertz CT molecular complexity index is 55.0. The Morgan fingerprint density at radius 3 is 2.33 bits per heavy atom. The summed E-state index contributed by atoms with van der Waals surface area (Å²) in [5.74, 6) is 0. The van der Waals surface area contributed by atoms with Crippen LogP contribution in [0.4, 0.5) is 0 Å². The van der Waals surface area contributed by atoms with Gasteiger partial charge in [0.2, 0.25) is 0 Å². The molecule has 0 amide bonds. The fraction of sp³-hybridized carbons (Fsp3) is 0.600. The van der Waals surface area contributed by atoms with Crippen molar-refractivity contribution >= 4 is 12.6 Å². The normalized spacial score (nSPS) is 12.0. The molecule has 0 aromatic heterocycles. The second-order valence-corrected chi connectivity index (χ2v) is 1.63. The molecule has 0 saturated carbocycles. The highest BCUT2D eigenvalue weighted by Gasteiger charge is 1.76. The van der Waals surface area contributed by atoms with Crippen LogP contribution in [0.5, 0.6) is 0 Å². The van der Waals surface area contributed by atoms with E-state index in [2.05, 4.69) is 6.92 Å². The Morgan fingerprint density at radius 2 is 2.33 bits per heavy atom. The van der Waals surface area contributed by atoms with E-state index in [4.69, 9.17) is 12.6 Å². The highest BCUT2D eigenvalue weighted by Crippen LogP contribution is 2.02. The predicted molar refractivity (Wildman–Crippen MR) is 31.6 cm³/mol.